The highest BCUT2D eigenvalue weighted by Crippen LogP contribution is 2.20. The molecule has 0 saturated heterocycles. The van der Waals surface area contributed by atoms with Gasteiger partial charge >= 0.3 is 0 Å². The summed E-state index contributed by atoms with van der Waals surface area (Å²) in [4.78, 5) is 4.39. The molecule has 100 valence electrons. The van der Waals surface area contributed by atoms with Crippen molar-refractivity contribution in [2.75, 3.05) is 5.32 Å². The van der Waals surface area contributed by atoms with Gasteiger partial charge in [0, 0.05) is 28.8 Å². The number of halogens is 2. The summed E-state index contributed by atoms with van der Waals surface area (Å²) in [6.07, 6.45) is 1.77. The summed E-state index contributed by atoms with van der Waals surface area (Å²) in [7, 11) is 0. The van der Waals surface area contributed by atoms with Crippen LogP contribution in [0.3, 0.4) is 0 Å². The minimum absolute atomic E-state index is 0.351. The van der Waals surface area contributed by atoms with Crippen molar-refractivity contribution in [3.8, 4) is 0 Å². The van der Waals surface area contributed by atoms with Gasteiger partial charge < -0.3 is 5.32 Å². The molecule has 1 N–H and O–H groups in total. The molecule has 0 bridgehead atoms. The summed E-state index contributed by atoms with van der Waals surface area (Å²) >= 11 is 5.83. The maximum absolute atomic E-state index is 13.3. The lowest BCUT2D eigenvalue weighted by molar-refractivity contribution is 0.628. The van der Waals surface area contributed by atoms with Crippen LogP contribution in [-0.4, -0.2) is 4.98 Å². The Kier molecular flexibility index (Phi) is 3.52. The number of aromatic nitrogens is 1. The van der Waals surface area contributed by atoms with Gasteiger partial charge in [0.15, 0.2) is 0 Å². The van der Waals surface area contributed by atoms with Crippen molar-refractivity contribution >= 4 is 28.2 Å². The second-order valence-electron chi connectivity index (χ2n) is 4.50. The van der Waals surface area contributed by atoms with Gasteiger partial charge in [-0.1, -0.05) is 35.9 Å². The molecule has 0 saturated carbocycles. The lowest BCUT2D eigenvalue weighted by Crippen LogP contribution is -2.01. The van der Waals surface area contributed by atoms with Crippen LogP contribution in [0, 0.1) is 5.82 Å². The second-order valence-corrected chi connectivity index (χ2v) is 4.94. The molecule has 0 radical (unpaired) electrons. The first kappa shape index (κ1) is 12.9. The van der Waals surface area contributed by atoms with Gasteiger partial charge in [0.2, 0.25) is 0 Å². The topological polar surface area (TPSA) is 24.9 Å². The quantitative estimate of drug-likeness (QED) is 0.759. The molecule has 0 spiro atoms. The van der Waals surface area contributed by atoms with Gasteiger partial charge in [-0.3, -0.25) is 4.98 Å². The third-order valence-electron chi connectivity index (χ3n) is 3.06. The van der Waals surface area contributed by atoms with E-state index in [0.717, 1.165) is 16.5 Å². The van der Waals surface area contributed by atoms with E-state index in [1.54, 1.807) is 12.3 Å². The number of nitrogens with zero attached hydrogens (tertiary/aromatic N) is 1. The van der Waals surface area contributed by atoms with Crippen molar-refractivity contribution in [3.05, 3.63) is 71.1 Å². The van der Waals surface area contributed by atoms with E-state index in [1.165, 1.54) is 12.1 Å². The number of para-hydroxylation sites is 1. The van der Waals surface area contributed by atoms with Crippen LogP contribution in [-0.2, 0) is 6.54 Å². The molecule has 1 aromatic heterocycles. The fourth-order valence-corrected chi connectivity index (χ4v) is 2.39. The first-order chi connectivity index (χ1) is 9.72. The minimum atomic E-state index is -0.351. The third-order valence-corrected chi connectivity index (χ3v) is 3.28. The van der Waals surface area contributed by atoms with Gasteiger partial charge in [-0.05, 0) is 29.8 Å². The van der Waals surface area contributed by atoms with E-state index in [9.17, 15) is 4.39 Å². The fraction of sp³-hybridized carbons (Fsp3) is 0.0625. The molecule has 20 heavy (non-hydrogen) atoms. The van der Waals surface area contributed by atoms with Crippen molar-refractivity contribution in [1.82, 2.24) is 4.98 Å². The standard InChI is InChI=1S/C16H12ClFN2/c17-13-7-14(18)9-15(8-13)20-10-12-4-1-3-11-5-2-6-19-16(11)12/h1-9,20H,10H2. The van der Waals surface area contributed by atoms with Gasteiger partial charge in [-0.15, -0.1) is 0 Å². The molecule has 1 heterocycles. The van der Waals surface area contributed by atoms with Crippen LogP contribution < -0.4 is 5.32 Å². The molecule has 3 rings (SSSR count). The van der Waals surface area contributed by atoms with Crippen LogP contribution in [0.25, 0.3) is 10.9 Å². The van der Waals surface area contributed by atoms with E-state index in [1.807, 2.05) is 30.3 Å². The number of rotatable bonds is 3. The molecular weight excluding hydrogens is 275 g/mol. The summed E-state index contributed by atoms with van der Waals surface area (Å²) in [5, 5.41) is 4.64. The third kappa shape index (κ3) is 2.73. The lowest BCUT2D eigenvalue weighted by Gasteiger charge is -2.09. The molecule has 0 aliphatic carbocycles. The zero-order valence-electron chi connectivity index (χ0n) is 10.6. The van der Waals surface area contributed by atoms with Gasteiger partial charge in [0.05, 0.1) is 5.52 Å². The van der Waals surface area contributed by atoms with Gasteiger partial charge in [0.1, 0.15) is 5.82 Å². The largest absolute Gasteiger partial charge is 0.381 e. The van der Waals surface area contributed by atoms with E-state index in [0.29, 0.717) is 17.3 Å². The zero-order chi connectivity index (χ0) is 13.9. The van der Waals surface area contributed by atoms with Gasteiger partial charge in [-0.25, -0.2) is 4.39 Å². The van der Waals surface area contributed by atoms with E-state index in [4.69, 9.17) is 11.6 Å². The average Bonchev–Trinajstić information content (AvgIpc) is 2.44. The molecule has 0 aliphatic rings. The van der Waals surface area contributed by atoms with Crippen molar-refractivity contribution in [2.45, 2.75) is 6.54 Å². The normalized spacial score (nSPS) is 10.7. The number of hydrogen-bond acceptors (Lipinski definition) is 2. The molecule has 0 amide bonds. The Morgan fingerprint density at radius 3 is 2.80 bits per heavy atom. The maximum Gasteiger partial charge on any atom is 0.126 e. The second kappa shape index (κ2) is 5.47. The van der Waals surface area contributed by atoms with Crippen LogP contribution >= 0.6 is 11.6 Å². The summed E-state index contributed by atoms with van der Waals surface area (Å²) in [5.41, 5.74) is 2.66. The minimum Gasteiger partial charge on any atom is -0.381 e. The van der Waals surface area contributed by atoms with Crippen molar-refractivity contribution < 1.29 is 4.39 Å². The lowest BCUT2D eigenvalue weighted by atomic mass is 10.1. The summed E-state index contributed by atoms with van der Waals surface area (Å²) in [6, 6.07) is 14.3. The Morgan fingerprint density at radius 1 is 1.10 bits per heavy atom. The number of benzene rings is 2. The van der Waals surface area contributed by atoms with E-state index in [2.05, 4.69) is 10.3 Å². The first-order valence-electron chi connectivity index (χ1n) is 6.25. The molecule has 2 aromatic carbocycles. The Balaban J connectivity index is 1.87. The molecular formula is C16H12ClFN2. The smallest absolute Gasteiger partial charge is 0.126 e. The molecule has 0 atom stereocenters. The number of fused-ring (bicyclic) bond motifs is 1. The predicted octanol–water partition coefficient (Wildman–Crippen LogP) is 4.64. The van der Waals surface area contributed by atoms with Crippen LogP contribution in [0.15, 0.2) is 54.7 Å². The van der Waals surface area contributed by atoms with Gasteiger partial charge in [-0.2, -0.15) is 0 Å². The van der Waals surface area contributed by atoms with E-state index < -0.39 is 0 Å². The number of hydrogen-bond donors (Lipinski definition) is 1. The average molecular weight is 287 g/mol. The maximum atomic E-state index is 13.3. The Labute approximate surface area is 121 Å². The summed E-state index contributed by atoms with van der Waals surface area (Å²) in [6.45, 7) is 0.564. The van der Waals surface area contributed by atoms with Crippen LogP contribution in [0.5, 0.6) is 0 Å². The van der Waals surface area contributed by atoms with E-state index >= 15 is 0 Å². The Bertz CT molecular complexity index is 733. The van der Waals surface area contributed by atoms with Gasteiger partial charge in [0.25, 0.3) is 0 Å². The highest BCUT2D eigenvalue weighted by atomic mass is 35.5. The number of pyridine rings is 1. The predicted molar refractivity (Wildman–Crippen MR) is 80.5 cm³/mol. The molecule has 0 unspecified atom stereocenters. The van der Waals surface area contributed by atoms with Crippen molar-refractivity contribution in [2.24, 2.45) is 0 Å². The monoisotopic (exact) mass is 286 g/mol. The van der Waals surface area contributed by atoms with Crippen molar-refractivity contribution in [3.63, 3.8) is 0 Å². The SMILES string of the molecule is Fc1cc(Cl)cc(NCc2cccc3cccnc23)c1. The number of nitrogens with one attached hydrogen (secondary N) is 1. The molecule has 0 aliphatic heterocycles. The van der Waals surface area contributed by atoms with Crippen molar-refractivity contribution in [1.29, 1.82) is 0 Å². The molecule has 3 aromatic rings. The Hall–Kier alpha value is -2.13. The molecule has 0 fully saturated rings. The molecule has 4 heteroatoms. The van der Waals surface area contributed by atoms with E-state index in [-0.39, 0.29) is 5.82 Å². The molecule has 2 nitrogen and oxygen atoms in total. The van der Waals surface area contributed by atoms with Crippen LogP contribution in [0.2, 0.25) is 5.02 Å². The van der Waals surface area contributed by atoms with Crippen LogP contribution in [0.1, 0.15) is 5.56 Å². The van der Waals surface area contributed by atoms with Crippen LogP contribution in [0.4, 0.5) is 10.1 Å². The zero-order valence-corrected chi connectivity index (χ0v) is 11.4. The summed E-state index contributed by atoms with van der Waals surface area (Å²) < 4.78 is 13.3. The number of anilines is 1. The summed E-state index contributed by atoms with van der Waals surface area (Å²) in [5.74, 6) is -0.351. The highest BCUT2D eigenvalue weighted by molar-refractivity contribution is 6.30. The highest BCUT2D eigenvalue weighted by Gasteiger charge is 2.03. The Morgan fingerprint density at radius 2 is 1.95 bits per heavy atom. The fourth-order valence-electron chi connectivity index (χ4n) is 2.16. The first-order valence-corrected chi connectivity index (χ1v) is 6.63.